The van der Waals surface area contributed by atoms with Gasteiger partial charge in [0.1, 0.15) is 0 Å². The van der Waals surface area contributed by atoms with Crippen molar-refractivity contribution in [3.05, 3.63) is 206 Å². The molecule has 3 heterocycles. The fourth-order valence-electron chi connectivity index (χ4n) is 8.21. The van der Waals surface area contributed by atoms with Gasteiger partial charge in [-0.1, -0.05) is 284 Å². The molecule has 0 aliphatic carbocycles. The van der Waals surface area contributed by atoms with E-state index in [1.54, 1.807) is 0 Å². The van der Waals surface area contributed by atoms with Crippen molar-refractivity contribution in [2.24, 2.45) is 0 Å². The predicted molar refractivity (Wildman–Crippen MR) is 375 cm³/mol. The van der Waals surface area contributed by atoms with E-state index in [2.05, 4.69) is 282 Å². The molecule has 6 aromatic carbocycles. The Morgan fingerprint density at radius 1 is 0.230 bits per heavy atom. The maximum Gasteiger partial charge on any atom is 0.643 e. The highest BCUT2D eigenvalue weighted by molar-refractivity contribution is 7.54. The highest BCUT2D eigenvalue weighted by atomic mass is 35.8. The molecule has 0 radical (unpaired) electrons. The lowest BCUT2D eigenvalue weighted by atomic mass is 9.86. The third-order valence-corrected chi connectivity index (χ3v) is 14.2. The van der Waals surface area contributed by atoms with Crippen molar-refractivity contribution in [1.29, 1.82) is 0 Å². The molecule has 0 aliphatic rings. The normalized spacial score (nSPS) is 11.6. The molecular weight excluding hydrogens is 1240 g/mol. The van der Waals surface area contributed by atoms with Crippen molar-refractivity contribution < 1.29 is 0 Å². The molecule has 3 aromatic heterocycles. The Morgan fingerprint density at radius 2 is 0.379 bits per heavy atom. The smallest absolute Gasteiger partial charge is 0.214 e. The standard InChI is InChI=1S/C33H39N3.C23H26ClN3.C10H14.C3Cl3N3.CH4.Al.3ClH/c1-31(2,3)25-16-10-22(11-17-25)28-34-29(23-12-18-26(19-13-23)32(4,5)6)36-30(35-28)24-14-20-27(21-15-24)33(7,8)9;1-22(2,3)17-11-7-15(8-12-17)19-25-20(27-21(24)26-19)16-9-13-18(14-10-16)23(4,5)6;1-10(2,3)9-7-5-4-6-8-9;4-1-7-2(5)9-3(6)8-1;;;;;/h10-21H,1-9H3;7-14H,1-6H3;4-8H,1-3H3;;1H4;;3*1H/q;;;;;+3;;;/p-3. The summed E-state index contributed by atoms with van der Waals surface area (Å²) < 4.78 is 0. The number of nitrogens with zero attached hydrogens (tertiary/aromatic N) is 9. The fraction of sp³-hybridized carbons (Fsp3) is 0.357. The van der Waals surface area contributed by atoms with Crippen LogP contribution in [-0.2, 0) is 32.5 Å². The minimum absolute atomic E-state index is 0. The molecule has 0 saturated heterocycles. The van der Waals surface area contributed by atoms with Gasteiger partial charge in [0, 0.05) is 27.8 Å². The molecule has 0 bridgehead atoms. The van der Waals surface area contributed by atoms with Crippen LogP contribution >= 0.6 is 76.6 Å². The molecule has 17 heteroatoms. The maximum atomic E-state index is 6.20. The topological polar surface area (TPSA) is 116 Å². The first-order valence-corrected chi connectivity index (χ1v) is 35.0. The van der Waals surface area contributed by atoms with Crippen molar-refractivity contribution in [2.45, 2.75) is 165 Å². The molecule has 0 amide bonds. The highest BCUT2D eigenvalue weighted by Gasteiger charge is 2.21. The van der Waals surface area contributed by atoms with Gasteiger partial charge in [-0.2, -0.15) is 24.9 Å². The Labute approximate surface area is 556 Å². The van der Waals surface area contributed by atoms with E-state index in [1.807, 2.05) is 24.3 Å². The van der Waals surface area contributed by atoms with E-state index in [1.165, 1.54) is 33.4 Å². The van der Waals surface area contributed by atoms with Gasteiger partial charge in [-0.15, -0.1) is 0 Å². The second-order valence-electron chi connectivity index (χ2n) is 26.7. The predicted octanol–water partition coefficient (Wildman–Crippen LogP) is 22.4. The van der Waals surface area contributed by atoms with Crippen molar-refractivity contribution in [3.8, 4) is 56.9 Å². The maximum absolute atomic E-state index is 6.20. The second-order valence-corrected chi connectivity index (χ2v) is 34.5. The number of hydrogen-bond acceptors (Lipinski definition) is 9. The molecule has 87 heavy (non-hydrogen) atoms. The highest BCUT2D eigenvalue weighted by Crippen LogP contribution is 2.33. The Hall–Kier alpha value is -5.09. The van der Waals surface area contributed by atoms with Crippen LogP contribution in [0.2, 0.25) is 21.1 Å². The zero-order valence-corrected chi connectivity index (χ0v) is 59.1. The Bertz CT molecular complexity index is 3270. The van der Waals surface area contributed by atoms with Crippen molar-refractivity contribution in [1.82, 2.24) is 44.9 Å². The monoisotopic (exact) mass is 1320 g/mol. The van der Waals surface area contributed by atoms with Crippen molar-refractivity contribution in [3.63, 3.8) is 0 Å². The van der Waals surface area contributed by atoms with E-state index in [0.29, 0.717) is 34.5 Å². The van der Waals surface area contributed by atoms with Gasteiger partial charge in [-0.25, -0.2) is 50.1 Å². The molecule has 9 rings (SSSR count). The van der Waals surface area contributed by atoms with Gasteiger partial charge < -0.3 is 0 Å². The summed E-state index contributed by atoms with van der Waals surface area (Å²) in [5.41, 5.74) is 13.4. The lowest BCUT2D eigenvalue weighted by Crippen LogP contribution is -2.11. The zero-order chi connectivity index (χ0) is 64.2. The summed E-state index contributed by atoms with van der Waals surface area (Å²) >= 11 is 20.4. The van der Waals surface area contributed by atoms with Crippen LogP contribution in [0.15, 0.2) is 152 Å². The number of rotatable bonds is 5. The largest absolute Gasteiger partial charge is 0.643 e. The van der Waals surface area contributed by atoms with Gasteiger partial charge in [0.05, 0.1) is 0 Å². The zero-order valence-electron chi connectivity index (χ0n) is 52.7. The van der Waals surface area contributed by atoms with Crippen LogP contribution in [0.4, 0.5) is 0 Å². The summed E-state index contributed by atoms with van der Waals surface area (Å²) in [7, 11) is 14.8. The van der Waals surface area contributed by atoms with Crippen LogP contribution in [0.3, 0.4) is 0 Å². The summed E-state index contributed by atoms with van der Waals surface area (Å²) in [5.74, 6) is 3.25. The van der Waals surface area contributed by atoms with E-state index in [4.69, 9.17) is 91.5 Å². The number of benzene rings is 6. The number of aromatic nitrogens is 9. The van der Waals surface area contributed by atoms with Crippen molar-refractivity contribution >= 4 is 87.9 Å². The first kappa shape index (κ1) is 74.4. The van der Waals surface area contributed by atoms with E-state index in [0.717, 1.165) is 27.8 Å². The quantitative estimate of drug-likeness (QED) is 0.155. The Morgan fingerprint density at radius 3 is 0.540 bits per heavy atom. The molecule has 0 saturated carbocycles. The van der Waals surface area contributed by atoms with Gasteiger partial charge in [-0.05, 0) is 112 Å². The SMILES string of the molecule is C.CC(C)(C)c1ccc(-c2nc(-c3ccc(C(C)(C)C)cc3)nc(-c3ccc(C(C)(C)C)cc3)n2)cc1.CC(C)(C)c1ccc(-c2nc(Cl)nc(-c3ccc(C(C)(C)C)cc3)n2)cc1.CC(C)(C)c1ccccc1.Clc1nc(Cl)nc(Cl)n1.[Cl][Al]([Cl])[Cl]. The van der Waals surface area contributed by atoms with Gasteiger partial charge in [0.15, 0.2) is 29.1 Å². The van der Waals surface area contributed by atoms with E-state index >= 15 is 0 Å². The first-order valence-electron chi connectivity index (χ1n) is 28.2. The summed E-state index contributed by atoms with van der Waals surface area (Å²) in [6, 6.07) is 52.9. The molecule has 0 spiro atoms. The average molecular weight is 1330 g/mol. The van der Waals surface area contributed by atoms with Crippen LogP contribution in [-0.4, -0.2) is 56.2 Å². The number of halogens is 7. The lowest BCUT2D eigenvalue weighted by molar-refractivity contribution is 0.590. The van der Waals surface area contributed by atoms with Gasteiger partial charge in [0.2, 0.25) is 21.1 Å². The molecule has 9 aromatic rings. The summed E-state index contributed by atoms with van der Waals surface area (Å²) in [4.78, 5) is 38.4. The van der Waals surface area contributed by atoms with E-state index < -0.39 is 11.4 Å². The minimum atomic E-state index is -1.72. The first-order chi connectivity index (χ1) is 39.8. The van der Waals surface area contributed by atoms with E-state index in [9.17, 15) is 0 Å². The minimum Gasteiger partial charge on any atom is -0.214 e. The average Bonchev–Trinajstić information content (AvgIpc) is 1.84. The van der Waals surface area contributed by atoms with Crippen LogP contribution in [0.1, 0.15) is 165 Å². The van der Waals surface area contributed by atoms with Crippen LogP contribution < -0.4 is 0 Å². The Kier molecular flexibility index (Phi) is 27.0. The number of hydrogen-bond donors (Lipinski definition) is 0. The molecule has 0 fully saturated rings. The third kappa shape index (κ3) is 24.0. The van der Waals surface area contributed by atoms with Gasteiger partial charge >= 0.3 is 11.4 Å². The second kappa shape index (κ2) is 31.6. The molecule has 460 valence electrons. The molecule has 0 unspecified atom stereocenters. The third-order valence-electron chi connectivity index (χ3n) is 13.5. The summed E-state index contributed by atoms with van der Waals surface area (Å²) in [6.07, 6.45) is 0. The van der Waals surface area contributed by atoms with Gasteiger partial charge in [-0.3, -0.25) is 0 Å². The fourth-order valence-corrected chi connectivity index (χ4v) is 8.98. The van der Waals surface area contributed by atoms with Crippen LogP contribution in [0.25, 0.3) is 56.9 Å². The summed E-state index contributed by atoms with van der Waals surface area (Å²) in [5, 5.41) is 0.204. The lowest BCUT2D eigenvalue weighted by Gasteiger charge is -2.20. The summed E-state index contributed by atoms with van der Waals surface area (Å²) in [6.45, 7) is 39.9. The van der Waals surface area contributed by atoms with Crippen LogP contribution in [0.5, 0.6) is 0 Å². The Balaban J connectivity index is 0.000000275. The molecule has 0 aliphatic heterocycles. The molecule has 0 N–H and O–H groups in total. The van der Waals surface area contributed by atoms with Crippen molar-refractivity contribution in [2.75, 3.05) is 0 Å². The van der Waals surface area contributed by atoms with E-state index in [-0.39, 0.29) is 55.6 Å². The van der Waals surface area contributed by atoms with Crippen LogP contribution in [0, 0.1) is 0 Å². The molecule has 9 nitrogen and oxygen atoms in total. The molecular formula is C70H83AlCl7N9. The molecule has 0 atom stereocenters. The van der Waals surface area contributed by atoms with Gasteiger partial charge in [0.25, 0.3) is 0 Å².